The number of carbonyl (C=O) groups excluding carboxylic acids is 1. The first-order chi connectivity index (χ1) is 14.0. The van der Waals surface area contributed by atoms with Gasteiger partial charge in [0.1, 0.15) is 5.82 Å². The van der Waals surface area contributed by atoms with Crippen LogP contribution in [0.5, 0.6) is 0 Å². The minimum atomic E-state index is -4.61. The number of aliphatic carboxylic acids is 1. The number of rotatable bonds is 8. The maximum atomic E-state index is 14.2. The molecule has 1 amide bonds. The van der Waals surface area contributed by atoms with Crippen LogP contribution in [0.1, 0.15) is 25.3 Å². The number of anilines is 1. The van der Waals surface area contributed by atoms with Crippen LogP contribution in [0.4, 0.5) is 23.2 Å². The summed E-state index contributed by atoms with van der Waals surface area (Å²) in [5, 5.41) is 11.0. The van der Waals surface area contributed by atoms with Gasteiger partial charge in [-0.3, -0.25) is 9.59 Å². The van der Waals surface area contributed by atoms with Crippen molar-refractivity contribution in [3.05, 3.63) is 66.0 Å². The van der Waals surface area contributed by atoms with E-state index in [1.807, 2.05) is 0 Å². The van der Waals surface area contributed by atoms with E-state index >= 15 is 0 Å². The van der Waals surface area contributed by atoms with Gasteiger partial charge in [0.05, 0.1) is 17.5 Å². The predicted octanol–water partition coefficient (Wildman–Crippen LogP) is 5.28. The van der Waals surface area contributed by atoms with Crippen LogP contribution >= 0.6 is 0 Å². The molecule has 0 aliphatic heterocycles. The summed E-state index contributed by atoms with van der Waals surface area (Å²) in [6.07, 6.45) is 1.93. The average Bonchev–Trinajstić information content (AvgIpc) is 2.68. The summed E-state index contributed by atoms with van der Waals surface area (Å²) in [6.45, 7) is 4.54. The standard InChI is InChI=1S/C22H23F4NO3/c1-3-14-4-8-16(9-5-14)20(13(2)22(24,25)26)21(30)27-18-12-15(6-10-17(18)23)7-11-19(28)29/h3-6,8,10,12-13,16,20H,1,7,9,11H2,2H3,(H,27,30)(H,28,29)/t13-,16?,20+/m1/s1. The Morgan fingerprint density at radius 1 is 1.37 bits per heavy atom. The monoisotopic (exact) mass is 425 g/mol. The first-order valence-electron chi connectivity index (χ1n) is 9.41. The van der Waals surface area contributed by atoms with Crippen LogP contribution in [0.2, 0.25) is 0 Å². The molecule has 4 nitrogen and oxygen atoms in total. The molecule has 0 spiro atoms. The number of carboxylic acid groups (broad SMARTS) is 1. The molecule has 30 heavy (non-hydrogen) atoms. The smallest absolute Gasteiger partial charge is 0.392 e. The van der Waals surface area contributed by atoms with Gasteiger partial charge in [-0.15, -0.1) is 0 Å². The maximum absolute atomic E-state index is 14.2. The Kier molecular flexibility index (Phi) is 7.59. The minimum Gasteiger partial charge on any atom is -0.481 e. The van der Waals surface area contributed by atoms with E-state index in [4.69, 9.17) is 5.11 Å². The van der Waals surface area contributed by atoms with Gasteiger partial charge in [-0.25, -0.2) is 4.39 Å². The van der Waals surface area contributed by atoms with Crippen LogP contribution in [0.15, 0.2) is 54.7 Å². The summed E-state index contributed by atoms with van der Waals surface area (Å²) in [5.74, 6) is -6.94. The lowest BCUT2D eigenvalue weighted by Gasteiger charge is -2.31. The molecule has 0 bridgehead atoms. The number of allylic oxidation sites excluding steroid dienone is 5. The number of amides is 1. The number of hydrogen-bond donors (Lipinski definition) is 2. The van der Waals surface area contributed by atoms with E-state index in [0.29, 0.717) is 5.56 Å². The summed E-state index contributed by atoms with van der Waals surface area (Å²) in [6, 6.07) is 3.67. The highest BCUT2D eigenvalue weighted by atomic mass is 19.4. The summed E-state index contributed by atoms with van der Waals surface area (Å²) >= 11 is 0. The normalized spacial score (nSPS) is 18.3. The molecule has 1 aliphatic rings. The molecular formula is C22H23F4NO3. The van der Waals surface area contributed by atoms with E-state index in [-0.39, 0.29) is 24.9 Å². The molecule has 1 aromatic rings. The second kappa shape index (κ2) is 9.73. The number of alkyl halides is 3. The van der Waals surface area contributed by atoms with E-state index in [2.05, 4.69) is 11.9 Å². The van der Waals surface area contributed by atoms with Gasteiger partial charge in [0.15, 0.2) is 0 Å². The summed E-state index contributed by atoms with van der Waals surface area (Å²) in [4.78, 5) is 23.5. The van der Waals surface area contributed by atoms with Gasteiger partial charge in [0, 0.05) is 6.42 Å². The second-order valence-electron chi connectivity index (χ2n) is 7.22. The van der Waals surface area contributed by atoms with Gasteiger partial charge in [-0.05, 0) is 42.0 Å². The van der Waals surface area contributed by atoms with Crippen molar-refractivity contribution in [2.75, 3.05) is 5.32 Å². The van der Waals surface area contributed by atoms with Crippen molar-refractivity contribution in [2.24, 2.45) is 17.8 Å². The van der Waals surface area contributed by atoms with E-state index in [9.17, 15) is 27.2 Å². The zero-order valence-electron chi connectivity index (χ0n) is 16.4. The van der Waals surface area contributed by atoms with E-state index < -0.39 is 41.6 Å². The van der Waals surface area contributed by atoms with Crippen molar-refractivity contribution in [3.63, 3.8) is 0 Å². The van der Waals surface area contributed by atoms with Crippen molar-refractivity contribution < 1.29 is 32.3 Å². The quantitative estimate of drug-likeness (QED) is 0.557. The average molecular weight is 425 g/mol. The van der Waals surface area contributed by atoms with E-state index in [0.717, 1.165) is 18.6 Å². The minimum absolute atomic E-state index is 0.0986. The highest BCUT2D eigenvalue weighted by Gasteiger charge is 2.46. The number of halogens is 4. The lowest BCUT2D eigenvalue weighted by Crippen LogP contribution is -2.40. The number of nitrogens with one attached hydrogen (secondary N) is 1. The first kappa shape index (κ1) is 23.4. The lowest BCUT2D eigenvalue weighted by atomic mass is 9.77. The number of aryl methyl sites for hydroxylation is 1. The maximum Gasteiger partial charge on any atom is 0.392 e. The highest BCUT2D eigenvalue weighted by molar-refractivity contribution is 5.93. The van der Waals surface area contributed by atoms with Gasteiger partial charge < -0.3 is 10.4 Å². The van der Waals surface area contributed by atoms with Gasteiger partial charge in [-0.1, -0.05) is 43.9 Å². The molecule has 1 unspecified atom stereocenters. The third-order valence-corrected chi connectivity index (χ3v) is 5.13. The largest absolute Gasteiger partial charge is 0.481 e. The van der Waals surface area contributed by atoms with Gasteiger partial charge in [-0.2, -0.15) is 13.2 Å². The molecular weight excluding hydrogens is 402 g/mol. The van der Waals surface area contributed by atoms with Crippen molar-refractivity contribution in [3.8, 4) is 0 Å². The zero-order valence-corrected chi connectivity index (χ0v) is 16.4. The third kappa shape index (κ3) is 6.05. The van der Waals surface area contributed by atoms with E-state index in [1.165, 1.54) is 12.1 Å². The Morgan fingerprint density at radius 3 is 2.60 bits per heavy atom. The highest BCUT2D eigenvalue weighted by Crippen LogP contribution is 2.39. The summed E-state index contributed by atoms with van der Waals surface area (Å²) in [5.41, 5.74) is 0.928. The molecule has 0 heterocycles. The molecule has 1 aliphatic carbocycles. The van der Waals surface area contributed by atoms with Crippen molar-refractivity contribution in [1.29, 1.82) is 0 Å². The Morgan fingerprint density at radius 2 is 2.07 bits per heavy atom. The summed E-state index contributed by atoms with van der Waals surface area (Å²) < 4.78 is 54.5. The molecule has 0 aromatic heterocycles. The fourth-order valence-corrected chi connectivity index (χ4v) is 3.36. The van der Waals surface area contributed by atoms with Crippen molar-refractivity contribution >= 4 is 17.6 Å². The van der Waals surface area contributed by atoms with Crippen LogP contribution in [0, 0.1) is 23.6 Å². The topological polar surface area (TPSA) is 66.4 Å². The molecule has 1 aromatic carbocycles. The van der Waals surface area contributed by atoms with Gasteiger partial charge in [0.2, 0.25) is 5.91 Å². The third-order valence-electron chi connectivity index (χ3n) is 5.13. The van der Waals surface area contributed by atoms with Gasteiger partial charge in [0.25, 0.3) is 0 Å². The predicted molar refractivity (Wildman–Crippen MR) is 105 cm³/mol. The van der Waals surface area contributed by atoms with Crippen molar-refractivity contribution in [2.45, 2.75) is 32.4 Å². The Bertz CT molecular complexity index is 874. The lowest BCUT2D eigenvalue weighted by molar-refractivity contribution is -0.188. The zero-order chi connectivity index (χ0) is 22.5. The van der Waals surface area contributed by atoms with Crippen LogP contribution in [0.25, 0.3) is 0 Å². The van der Waals surface area contributed by atoms with Crippen LogP contribution < -0.4 is 5.32 Å². The number of hydrogen-bond acceptors (Lipinski definition) is 2. The molecule has 0 fully saturated rings. The molecule has 0 saturated heterocycles. The van der Waals surface area contributed by atoms with Crippen LogP contribution in [-0.4, -0.2) is 23.2 Å². The molecule has 2 rings (SSSR count). The second-order valence-corrected chi connectivity index (χ2v) is 7.22. The van der Waals surface area contributed by atoms with Gasteiger partial charge >= 0.3 is 12.1 Å². The fraction of sp³-hybridized carbons (Fsp3) is 0.364. The number of carboxylic acids is 1. The molecule has 8 heteroatoms. The molecule has 162 valence electrons. The SMILES string of the molecule is C=CC1=CCC([C@@H](C(=O)Nc2cc(CCC(=O)O)ccc2F)[C@@H](C)C(F)(F)F)C=C1. The summed E-state index contributed by atoms with van der Waals surface area (Å²) in [7, 11) is 0. The molecule has 3 atom stereocenters. The Balaban J connectivity index is 2.27. The fourth-order valence-electron chi connectivity index (χ4n) is 3.36. The number of carbonyl (C=O) groups is 2. The first-order valence-corrected chi connectivity index (χ1v) is 9.41. The van der Waals surface area contributed by atoms with Crippen LogP contribution in [0.3, 0.4) is 0 Å². The Labute approximate surface area is 172 Å². The van der Waals surface area contributed by atoms with E-state index in [1.54, 1.807) is 24.3 Å². The Hall–Kier alpha value is -2.90. The molecule has 0 radical (unpaired) electrons. The van der Waals surface area contributed by atoms with Crippen molar-refractivity contribution in [1.82, 2.24) is 0 Å². The number of benzene rings is 1. The van der Waals surface area contributed by atoms with Crippen LogP contribution in [-0.2, 0) is 16.0 Å². The molecule has 0 saturated carbocycles. The molecule has 2 N–H and O–H groups in total.